The smallest absolute Gasteiger partial charge is 0.182 e. The van der Waals surface area contributed by atoms with Crippen molar-refractivity contribution in [3.8, 4) is 0 Å². The summed E-state index contributed by atoms with van der Waals surface area (Å²) in [7, 11) is 0. The van der Waals surface area contributed by atoms with E-state index in [2.05, 4.69) is 9.68 Å². The molecule has 0 radical (unpaired) electrons. The van der Waals surface area contributed by atoms with Gasteiger partial charge in [0, 0.05) is 12.1 Å². The highest BCUT2D eigenvalue weighted by atomic mass is 16.5. The van der Waals surface area contributed by atoms with Crippen LogP contribution in [0.15, 0.2) is 22.9 Å². The molecule has 0 bridgehead atoms. The van der Waals surface area contributed by atoms with Crippen LogP contribution in [0.1, 0.15) is 5.76 Å². The minimum Gasteiger partial charge on any atom is -0.396 e. The van der Waals surface area contributed by atoms with Crippen LogP contribution in [0.5, 0.6) is 0 Å². The first-order chi connectivity index (χ1) is 4.84. The van der Waals surface area contributed by atoms with E-state index in [1.54, 1.807) is 6.07 Å². The number of aldehydes is 1. The molecule has 0 amide bonds. The predicted octanol–water partition coefficient (Wildman–Crippen LogP) is 0.173. The van der Waals surface area contributed by atoms with Gasteiger partial charge in [-0.15, -0.1) is 0 Å². The number of aromatic nitrogens is 1. The van der Waals surface area contributed by atoms with Gasteiger partial charge >= 0.3 is 0 Å². The van der Waals surface area contributed by atoms with Crippen LogP contribution in [0.25, 0.3) is 5.70 Å². The first kappa shape index (κ1) is 6.54. The predicted molar refractivity (Wildman–Crippen MR) is 34.7 cm³/mol. The molecule has 1 rings (SSSR count). The Bertz CT molecular complexity index is 238. The average Bonchev–Trinajstić information content (AvgIpc) is 2.38. The van der Waals surface area contributed by atoms with Crippen molar-refractivity contribution in [2.24, 2.45) is 5.73 Å². The van der Waals surface area contributed by atoms with Gasteiger partial charge in [0.15, 0.2) is 5.76 Å². The molecule has 0 atom stereocenters. The topological polar surface area (TPSA) is 69.1 Å². The van der Waals surface area contributed by atoms with Gasteiger partial charge in [0.2, 0.25) is 0 Å². The summed E-state index contributed by atoms with van der Waals surface area (Å²) in [5.74, 6) is 0.409. The van der Waals surface area contributed by atoms with Gasteiger partial charge in [-0.05, 0) is 0 Å². The van der Waals surface area contributed by atoms with Crippen LogP contribution in [0.4, 0.5) is 0 Å². The fourth-order valence-corrected chi connectivity index (χ4v) is 0.520. The number of allylic oxidation sites excluding steroid dienone is 1. The number of rotatable bonds is 2. The molecule has 1 heterocycles. The number of carbonyl (C=O) groups excluding carboxylic acids is 1. The van der Waals surface area contributed by atoms with Crippen molar-refractivity contribution in [1.29, 1.82) is 0 Å². The largest absolute Gasteiger partial charge is 0.396 e. The Morgan fingerprint density at radius 1 is 1.80 bits per heavy atom. The molecule has 4 nitrogen and oxygen atoms in total. The Balaban J connectivity index is 2.86. The molecule has 4 heteroatoms. The lowest BCUT2D eigenvalue weighted by Gasteiger charge is -1.88. The Kier molecular flexibility index (Phi) is 1.84. The maximum Gasteiger partial charge on any atom is 0.182 e. The molecule has 0 aliphatic carbocycles. The molecule has 0 aromatic carbocycles. The van der Waals surface area contributed by atoms with Crippen molar-refractivity contribution in [1.82, 2.24) is 5.16 Å². The lowest BCUT2D eigenvalue weighted by Crippen LogP contribution is -1.94. The highest BCUT2D eigenvalue weighted by Crippen LogP contribution is 2.04. The number of nitrogens with zero attached hydrogens (tertiary/aromatic N) is 1. The van der Waals surface area contributed by atoms with Gasteiger partial charge in [-0.25, -0.2) is 0 Å². The fraction of sp³-hybridized carbons (Fsp3) is 0. The normalized spacial score (nSPS) is 11.4. The van der Waals surface area contributed by atoms with Crippen molar-refractivity contribution >= 4 is 12.0 Å². The van der Waals surface area contributed by atoms with E-state index in [1.165, 1.54) is 12.3 Å². The van der Waals surface area contributed by atoms with Gasteiger partial charge in [-0.2, -0.15) is 0 Å². The molecular formula is C6H6N2O2. The SMILES string of the molecule is N/C(=C\C=O)c1ccno1. The summed E-state index contributed by atoms with van der Waals surface area (Å²) in [5.41, 5.74) is 5.63. The maximum atomic E-state index is 9.89. The monoisotopic (exact) mass is 138 g/mol. The highest BCUT2D eigenvalue weighted by molar-refractivity contribution is 5.78. The van der Waals surface area contributed by atoms with Crippen LogP contribution in [0.3, 0.4) is 0 Å². The van der Waals surface area contributed by atoms with Gasteiger partial charge in [0.1, 0.15) is 6.29 Å². The summed E-state index contributed by atoms with van der Waals surface area (Å²) >= 11 is 0. The van der Waals surface area contributed by atoms with Crippen molar-refractivity contribution < 1.29 is 9.32 Å². The zero-order chi connectivity index (χ0) is 7.40. The van der Waals surface area contributed by atoms with Crippen LogP contribution in [-0.4, -0.2) is 11.4 Å². The number of hydrogen-bond acceptors (Lipinski definition) is 4. The summed E-state index contributed by atoms with van der Waals surface area (Å²) in [6.45, 7) is 0. The zero-order valence-electron chi connectivity index (χ0n) is 5.15. The maximum absolute atomic E-state index is 9.89. The second-order valence-electron chi connectivity index (χ2n) is 1.63. The van der Waals surface area contributed by atoms with Gasteiger partial charge in [0.25, 0.3) is 0 Å². The molecule has 52 valence electrons. The Labute approximate surface area is 57.3 Å². The molecule has 1 aromatic rings. The standard InChI is InChI=1S/C6H6N2O2/c7-5(2-4-9)6-1-3-8-10-6/h1-4H,7H2/b5-2-. The zero-order valence-corrected chi connectivity index (χ0v) is 5.15. The molecule has 1 aromatic heterocycles. The van der Waals surface area contributed by atoms with E-state index in [0.29, 0.717) is 12.0 Å². The van der Waals surface area contributed by atoms with E-state index >= 15 is 0 Å². The van der Waals surface area contributed by atoms with E-state index in [0.717, 1.165) is 0 Å². The van der Waals surface area contributed by atoms with E-state index in [-0.39, 0.29) is 5.70 Å². The minimum atomic E-state index is 0.285. The molecule has 0 aliphatic heterocycles. The summed E-state index contributed by atoms with van der Waals surface area (Å²) < 4.78 is 4.65. The third kappa shape index (κ3) is 1.22. The van der Waals surface area contributed by atoms with Gasteiger partial charge in [-0.3, -0.25) is 4.79 Å². The van der Waals surface area contributed by atoms with Gasteiger partial charge in [0.05, 0.1) is 11.9 Å². The average molecular weight is 138 g/mol. The molecule has 2 N–H and O–H groups in total. The quantitative estimate of drug-likeness (QED) is 0.467. The van der Waals surface area contributed by atoms with Crippen LogP contribution < -0.4 is 5.73 Å². The van der Waals surface area contributed by atoms with Crippen molar-refractivity contribution in [2.75, 3.05) is 0 Å². The van der Waals surface area contributed by atoms with E-state index in [9.17, 15) is 4.79 Å². The molecule has 0 aliphatic rings. The third-order valence-corrected chi connectivity index (χ3v) is 0.970. The van der Waals surface area contributed by atoms with Crippen LogP contribution in [0, 0.1) is 0 Å². The van der Waals surface area contributed by atoms with E-state index in [4.69, 9.17) is 5.73 Å². The van der Waals surface area contributed by atoms with Gasteiger partial charge in [-0.1, -0.05) is 5.16 Å². The Hall–Kier alpha value is -1.58. The van der Waals surface area contributed by atoms with Crippen LogP contribution in [-0.2, 0) is 4.79 Å². The van der Waals surface area contributed by atoms with Crippen molar-refractivity contribution in [2.45, 2.75) is 0 Å². The summed E-state index contributed by atoms with van der Waals surface area (Å²) in [5, 5.41) is 3.41. The lowest BCUT2D eigenvalue weighted by molar-refractivity contribution is -0.104. The number of hydrogen-bond donors (Lipinski definition) is 1. The minimum absolute atomic E-state index is 0.285. The highest BCUT2D eigenvalue weighted by Gasteiger charge is 1.97. The summed E-state index contributed by atoms with van der Waals surface area (Å²) in [6, 6.07) is 1.58. The van der Waals surface area contributed by atoms with Crippen LogP contribution in [0.2, 0.25) is 0 Å². The molecular weight excluding hydrogens is 132 g/mol. The Morgan fingerprint density at radius 2 is 2.60 bits per heavy atom. The fourth-order valence-electron chi connectivity index (χ4n) is 0.520. The van der Waals surface area contributed by atoms with Crippen molar-refractivity contribution in [3.05, 3.63) is 24.1 Å². The van der Waals surface area contributed by atoms with E-state index < -0.39 is 0 Å². The summed E-state index contributed by atoms with van der Waals surface area (Å²) in [4.78, 5) is 9.89. The van der Waals surface area contributed by atoms with Crippen LogP contribution >= 0.6 is 0 Å². The van der Waals surface area contributed by atoms with Gasteiger partial charge < -0.3 is 10.3 Å². The molecule has 0 spiro atoms. The van der Waals surface area contributed by atoms with E-state index in [1.807, 2.05) is 0 Å². The lowest BCUT2D eigenvalue weighted by atomic mass is 10.3. The Morgan fingerprint density at radius 3 is 3.10 bits per heavy atom. The third-order valence-electron chi connectivity index (χ3n) is 0.970. The number of carbonyl (C=O) groups is 1. The second kappa shape index (κ2) is 2.82. The second-order valence-corrected chi connectivity index (χ2v) is 1.63. The molecule has 10 heavy (non-hydrogen) atoms. The number of nitrogens with two attached hydrogens (primary N) is 1. The molecule has 0 saturated heterocycles. The first-order valence-corrected chi connectivity index (χ1v) is 2.66. The molecule has 0 unspecified atom stereocenters. The summed E-state index contributed by atoms with van der Waals surface area (Å²) in [6.07, 6.45) is 3.26. The molecule has 0 saturated carbocycles. The first-order valence-electron chi connectivity index (χ1n) is 2.66. The van der Waals surface area contributed by atoms with Crippen molar-refractivity contribution in [3.63, 3.8) is 0 Å². The molecule has 0 fully saturated rings.